The van der Waals surface area contributed by atoms with Gasteiger partial charge in [0.15, 0.2) is 11.7 Å². The van der Waals surface area contributed by atoms with Crippen molar-refractivity contribution in [1.29, 1.82) is 0 Å². The Labute approximate surface area is 141 Å². The number of hydrogen-bond acceptors (Lipinski definition) is 5. The van der Waals surface area contributed by atoms with Gasteiger partial charge in [-0.1, -0.05) is 12.1 Å². The average molecular weight is 343 g/mol. The number of halogens is 1. The van der Waals surface area contributed by atoms with Gasteiger partial charge in [0.1, 0.15) is 11.6 Å². The molecule has 0 aliphatic heterocycles. The van der Waals surface area contributed by atoms with Crippen molar-refractivity contribution in [3.63, 3.8) is 0 Å². The lowest BCUT2D eigenvalue weighted by atomic mass is 10.2. The van der Waals surface area contributed by atoms with Crippen molar-refractivity contribution < 1.29 is 13.9 Å². The number of thiazole rings is 1. The summed E-state index contributed by atoms with van der Waals surface area (Å²) in [6, 6.07) is 13.1. The van der Waals surface area contributed by atoms with Crippen LogP contribution in [-0.4, -0.2) is 17.5 Å². The van der Waals surface area contributed by atoms with Gasteiger partial charge >= 0.3 is 0 Å². The lowest BCUT2D eigenvalue weighted by Gasteiger charge is -2.08. The van der Waals surface area contributed by atoms with Crippen molar-refractivity contribution in [3.05, 3.63) is 59.7 Å². The number of nitrogens with one attached hydrogen (secondary N) is 1. The lowest BCUT2D eigenvalue weighted by molar-refractivity contribution is -0.118. The number of rotatable bonds is 5. The maximum absolute atomic E-state index is 13.5. The SMILES string of the molecule is Nc1nc(-c2ccc(OCC(=O)Nc3ccccc3F)cc2)cs1. The highest BCUT2D eigenvalue weighted by molar-refractivity contribution is 7.13. The zero-order valence-electron chi connectivity index (χ0n) is 12.5. The summed E-state index contributed by atoms with van der Waals surface area (Å²) in [7, 11) is 0. The van der Waals surface area contributed by atoms with Crippen LogP contribution < -0.4 is 15.8 Å². The predicted molar refractivity (Wildman–Crippen MR) is 92.5 cm³/mol. The van der Waals surface area contributed by atoms with Crippen molar-refractivity contribution in [2.24, 2.45) is 0 Å². The molecule has 2 aromatic carbocycles. The number of hydrogen-bond donors (Lipinski definition) is 2. The molecule has 3 rings (SSSR count). The molecule has 122 valence electrons. The molecule has 1 amide bonds. The smallest absolute Gasteiger partial charge is 0.262 e. The molecule has 5 nitrogen and oxygen atoms in total. The lowest BCUT2D eigenvalue weighted by Crippen LogP contribution is -2.20. The number of carbonyl (C=O) groups excluding carboxylic acids is 1. The van der Waals surface area contributed by atoms with Crippen LogP contribution in [0.25, 0.3) is 11.3 Å². The van der Waals surface area contributed by atoms with Gasteiger partial charge in [0.05, 0.1) is 11.4 Å². The van der Waals surface area contributed by atoms with E-state index >= 15 is 0 Å². The third kappa shape index (κ3) is 3.88. The van der Waals surface area contributed by atoms with Crippen LogP contribution in [0.2, 0.25) is 0 Å². The molecule has 1 heterocycles. The second-order valence-corrected chi connectivity index (χ2v) is 5.80. The molecule has 0 aliphatic carbocycles. The Morgan fingerprint density at radius 2 is 1.96 bits per heavy atom. The molecule has 0 fully saturated rings. The maximum atomic E-state index is 13.5. The summed E-state index contributed by atoms with van der Waals surface area (Å²) in [6.45, 7) is -0.211. The summed E-state index contributed by atoms with van der Waals surface area (Å²) in [6.07, 6.45) is 0. The Balaban J connectivity index is 1.57. The van der Waals surface area contributed by atoms with Crippen LogP contribution in [0.1, 0.15) is 0 Å². The largest absolute Gasteiger partial charge is 0.484 e. The number of benzene rings is 2. The summed E-state index contributed by atoms with van der Waals surface area (Å²) in [4.78, 5) is 16.0. The van der Waals surface area contributed by atoms with E-state index in [9.17, 15) is 9.18 Å². The van der Waals surface area contributed by atoms with E-state index in [-0.39, 0.29) is 12.3 Å². The Kier molecular flexibility index (Phi) is 4.72. The van der Waals surface area contributed by atoms with Gasteiger partial charge in [0.2, 0.25) is 0 Å². The Morgan fingerprint density at radius 1 is 1.21 bits per heavy atom. The number of ether oxygens (including phenoxy) is 1. The van der Waals surface area contributed by atoms with Crippen molar-refractivity contribution in [2.75, 3.05) is 17.7 Å². The predicted octanol–water partition coefficient (Wildman–Crippen LogP) is 3.55. The fourth-order valence-electron chi connectivity index (χ4n) is 2.04. The van der Waals surface area contributed by atoms with Crippen LogP contribution in [0.4, 0.5) is 15.2 Å². The third-order valence-corrected chi connectivity index (χ3v) is 3.86. The zero-order valence-corrected chi connectivity index (χ0v) is 13.3. The zero-order chi connectivity index (χ0) is 16.9. The minimum Gasteiger partial charge on any atom is -0.484 e. The van der Waals surface area contributed by atoms with Gasteiger partial charge in [-0.15, -0.1) is 11.3 Å². The van der Waals surface area contributed by atoms with E-state index in [4.69, 9.17) is 10.5 Å². The number of amides is 1. The monoisotopic (exact) mass is 343 g/mol. The summed E-state index contributed by atoms with van der Waals surface area (Å²) in [5.41, 5.74) is 7.44. The van der Waals surface area contributed by atoms with Gasteiger partial charge in [-0.05, 0) is 36.4 Å². The number of nitrogens with zero attached hydrogens (tertiary/aromatic N) is 1. The van der Waals surface area contributed by atoms with Crippen LogP contribution in [0.5, 0.6) is 5.75 Å². The fraction of sp³-hybridized carbons (Fsp3) is 0.0588. The number of anilines is 2. The number of aromatic nitrogens is 1. The highest BCUT2D eigenvalue weighted by atomic mass is 32.1. The molecule has 0 bridgehead atoms. The third-order valence-electron chi connectivity index (χ3n) is 3.19. The molecule has 0 saturated heterocycles. The van der Waals surface area contributed by atoms with Crippen LogP contribution in [0.15, 0.2) is 53.9 Å². The molecule has 0 atom stereocenters. The van der Waals surface area contributed by atoms with Crippen LogP contribution >= 0.6 is 11.3 Å². The van der Waals surface area contributed by atoms with Crippen LogP contribution in [-0.2, 0) is 4.79 Å². The molecule has 0 radical (unpaired) electrons. The van der Waals surface area contributed by atoms with E-state index in [1.807, 2.05) is 17.5 Å². The van der Waals surface area contributed by atoms with Gasteiger partial charge in [-0.25, -0.2) is 9.37 Å². The average Bonchev–Trinajstić information content (AvgIpc) is 3.02. The minimum atomic E-state index is -0.488. The van der Waals surface area contributed by atoms with E-state index < -0.39 is 11.7 Å². The van der Waals surface area contributed by atoms with Gasteiger partial charge in [0, 0.05) is 10.9 Å². The van der Waals surface area contributed by atoms with Crippen molar-refractivity contribution in [1.82, 2.24) is 4.98 Å². The Hall–Kier alpha value is -2.93. The van der Waals surface area contributed by atoms with E-state index in [0.717, 1.165) is 11.3 Å². The van der Waals surface area contributed by atoms with Crippen LogP contribution in [0, 0.1) is 5.82 Å². The summed E-state index contributed by atoms with van der Waals surface area (Å²) in [5.74, 6) is -0.389. The first kappa shape index (κ1) is 15.9. The van der Waals surface area contributed by atoms with E-state index in [0.29, 0.717) is 10.9 Å². The number of nitrogen functional groups attached to an aromatic ring is 1. The molecule has 0 unspecified atom stereocenters. The fourth-order valence-corrected chi connectivity index (χ4v) is 2.61. The quantitative estimate of drug-likeness (QED) is 0.743. The molecule has 3 N–H and O–H groups in total. The van der Waals surface area contributed by atoms with E-state index in [1.165, 1.54) is 23.5 Å². The minimum absolute atomic E-state index is 0.127. The summed E-state index contributed by atoms with van der Waals surface area (Å²) < 4.78 is 18.8. The van der Waals surface area contributed by atoms with Crippen molar-refractivity contribution >= 4 is 28.1 Å². The highest BCUT2D eigenvalue weighted by Gasteiger charge is 2.08. The normalized spacial score (nSPS) is 10.4. The molecule has 0 saturated carbocycles. The second-order valence-electron chi connectivity index (χ2n) is 4.91. The molecule has 24 heavy (non-hydrogen) atoms. The van der Waals surface area contributed by atoms with Gasteiger partial charge in [-0.3, -0.25) is 4.79 Å². The first-order valence-corrected chi connectivity index (χ1v) is 7.98. The molecular formula is C17H14FN3O2S. The van der Waals surface area contributed by atoms with Crippen LogP contribution in [0.3, 0.4) is 0 Å². The van der Waals surface area contributed by atoms with E-state index in [1.54, 1.807) is 24.3 Å². The Morgan fingerprint density at radius 3 is 2.62 bits per heavy atom. The van der Waals surface area contributed by atoms with Gasteiger partial charge in [-0.2, -0.15) is 0 Å². The van der Waals surface area contributed by atoms with E-state index in [2.05, 4.69) is 10.3 Å². The molecule has 7 heteroatoms. The molecule has 0 aliphatic rings. The molecule has 1 aromatic heterocycles. The molecule has 3 aromatic rings. The van der Waals surface area contributed by atoms with Crippen molar-refractivity contribution in [2.45, 2.75) is 0 Å². The number of para-hydroxylation sites is 1. The highest BCUT2D eigenvalue weighted by Crippen LogP contribution is 2.25. The molecular weight excluding hydrogens is 329 g/mol. The van der Waals surface area contributed by atoms with Gasteiger partial charge in [0.25, 0.3) is 5.91 Å². The maximum Gasteiger partial charge on any atom is 0.262 e. The number of nitrogens with two attached hydrogens (primary N) is 1. The summed E-state index contributed by atoms with van der Waals surface area (Å²) in [5, 5.41) is 4.84. The van der Waals surface area contributed by atoms with Gasteiger partial charge < -0.3 is 15.8 Å². The summed E-state index contributed by atoms with van der Waals surface area (Å²) >= 11 is 1.37. The Bertz CT molecular complexity index is 849. The molecule has 0 spiro atoms. The first-order chi connectivity index (χ1) is 11.6. The topological polar surface area (TPSA) is 77.2 Å². The second kappa shape index (κ2) is 7.10. The number of carbonyl (C=O) groups is 1. The standard InChI is InChI=1S/C17H14FN3O2S/c18-13-3-1-2-4-14(13)20-16(22)9-23-12-7-5-11(6-8-12)15-10-24-17(19)21-15/h1-8,10H,9H2,(H2,19,21)(H,20,22). The van der Waals surface area contributed by atoms with Crippen molar-refractivity contribution in [3.8, 4) is 17.0 Å². The first-order valence-electron chi connectivity index (χ1n) is 7.10.